The molecule has 1 saturated carbocycles. The van der Waals surface area contributed by atoms with Gasteiger partial charge in [-0.3, -0.25) is 9.59 Å². The molecule has 5 heteroatoms. The number of hydrogen-bond donors (Lipinski definition) is 1. The average molecular weight is 332 g/mol. The van der Waals surface area contributed by atoms with Crippen LogP contribution < -0.4 is 10.1 Å². The summed E-state index contributed by atoms with van der Waals surface area (Å²) in [6.07, 6.45) is 6.26. The van der Waals surface area contributed by atoms with Gasteiger partial charge in [0.25, 0.3) is 5.91 Å². The molecule has 24 heavy (non-hydrogen) atoms. The molecular formula is C19H28N2O3. The minimum Gasteiger partial charge on any atom is -0.497 e. The smallest absolute Gasteiger partial charge is 0.251 e. The Labute approximate surface area is 144 Å². The zero-order chi connectivity index (χ0) is 17.4. The Bertz CT molecular complexity index is 553. The van der Waals surface area contributed by atoms with Crippen LogP contribution >= 0.6 is 0 Å². The quantitative estimate of drug-likeness (QED) is 0.835. The van der Waals surface area contributed by atoms with E-state index in [4.69, 9.17) is 4.74 Å². The first-order valence-electron chi connectivity index (χ1n) is 8.87. The van der Waals surface area contributed by atoms with Gasteiger partial charge in [-0.05, 0) is 38.0 Å². The Morgan fingerprint density at radius 2 is 2.00 bits per heavy atom. The van der Waals surface area contributed by atoms with Gasteiger partial charge in [-0.25, -0.2) is 0 Å². The molecule has 1 aliphatic rings. The second kappa shape index (κ2) is 9.30. The number of ether oxygens (including phenoxy) is 1. The lowest BCUT2D eigenvalue weighted by Gasteiger charge is -2.33. The van der Waals surface area contributed by atoms with Crippen LogP contribution in [0.15, 0.2) is 24.3 Å². The van der Waals surface area contributed by atoms with Crippen molar-refractivity contribution in [3.63, 3.8) is 0 Å². The van der Waals surface area contributed by atoms with Crippen LogP contribution in [-0.4, -0.2) is 43.0 Å². The molecule has 0 bridgehead atoms. The normalized spacial score (nSPS) is 14.9. The minimum atomic E-state index is -0.178. The molecular weight excluding hydrogens is 304 g/mol. The van der Waals surface area contributed by atoms with E-state index >= 15 is 0 Å². The summed E-state index contributed by atoms with van der Waals surface area (Å²) in [6, 6.07) is 7.38. The minimum absolute atomic E-state index is 0.135. The number of rotatable bonds is 7. The first-order valence-corrected chi connectivity index (χ1v) is 8.87. The van der Waals surface area contributed by atoms with Crippen molar-refractivity contribution in [1.82, 2.24) is 10.2 Å². The summed E-state index contributed by atoms with van der Waals surface area (Å²) in [5.74, 6) is 0.603. The van der Waals surface area contributed by atoms with Crippen LogP contribution in [0, 0.1) is 0 Å². The average Bonchev–Trinajstić information content (AvgIpc) is 2.63. The number of carbonyl (C=O) groups is 2. The van der Waals surface area contributed by atoms with E-state index in [9.17, 15) is 9.59 Å². The fourth-order valence-corrected chi connectivity index (χ4v) is 3.32. The molecule has 2 amide bonds. The summed E-state index contributed by atoms with van der Waals surface area (Å²) in [5, 5.41) is 2.82. The van der Waals surface area contributed by atoms with Gasteiger partial charge in [-0.15, -0.1) is 0 Å². The lowest BCUT2D eigenvalue weighted by atomic mass is 9.94. The van der Waals surface area contributed by atoms with E-state index in [-0.39, 0.29) is 11.8 Å². The highest BCUT2D eigenvalue weighted by Gasteiger charge is 2.23. The number of amides is 2. The summed E-state index contributed by atoms with van der Waals surface area (Å²) in [7, 11) is 1.57. The highest BCUT2D eigenvalue weighted by atomic mass is 16.5. The van der Waals surface area contributed by atoms with Crippen molar-refractivity contribution in [2.75, 3.05) is 20.2 Å². The third kappa shape index (κ3) is 4.98. The number of nitrogens with zero attached hydrogens (tertiary/aromatic N) is 1. The van der Waals surface area contributed by atoms with Gasteiger partial charge >= 0.3 is 0 Å². The summed E-state index contributed by atoms with van der Waals surface area (Å²) >= 11 is 0. The molecule has 5 nitrogen and oxygen atoms in total. The Hall–Kier alpha value is -2.04. The van der Waals surface area contributed by atoms with Crippen LogP contribution in [-0.2, 0) is 4.79 Å². The maximum atomic E-state index is 12.4. The van der Waals surface area contributed by atoms with Gasteiger partial charge in [-0.2, -0.15) is 0 Å². The molecule has 0 spiro atoms. The van der Waals surface area contributed by atoms with Crippen LogP contribution in [0.4, 0.5) is 0 Å². The molecule has 0 aliphatic heterocycles. The van der Waals surface area contributed by atoms with E-state index in [2.05, 4.69) is 5.32 Å². The number of carbonyl (C=O) groups excluding carboxylic acids is 2. The van der Waals surface area contributed by atoms with Gasteiger partial charge < -0.3 is 15.0 Å². The summed E-state index contributed by atoms with van der Waals surface area (Å²) in [6.45, 7) is 3.13. The van der Waals surface area contributed by atoms with Crippen molar-refractivity contribution in [1.29, 1.82) is 0 Å². The van der Waals surface area contributed by atoms with Crippen LogP contribution in [0.25, 0.3) is 0 Å². The van der Waals surface area contributed by atoms with Crippen molar-refractivity contribution in [2.45, 2.75) is 51.5 Å². The third-order valence-corrected chi connectivity index (χ3v) is 4.63. The predicted molar refractivity (Wildman–Crippen MR) is 94.2 cm³/mol. The molecule has 132 valence electrons. The fourth-order valence-electron chi connectivity index (χ4n) is 3.32. The molecule has 1 N–H and O–H groups in total. The van der Waals surface area contributed by atoms with E-state index in [0.717, 1.165) is 19.4 Å². The van der Waals surface area contributed by atoms with Gasteiger partial charge in [0.05, 0.1) is 7.11 Å². The second-order valence-electron chi connectivity index (χ2n) is 6.21. The highest BCUT2D eigenvalue weighted by Crippen LogP contribution is 2.22. The first kappa shape index (κ1) is 18.3. The zero-order valence-electron chi connectivity index (χ0n) is 14.7. The van der Waals surface area contributed by atoms with Crippen molar-refractivity contribution in [3.05, 3.63) is 29.8 Å². The summed E-state index contributed by atoms with van der Waals surface area (Å²) < 4.78 is 5.12. The molecule has 1 aliphatic carbocycles. The van der Waals surface area contributed by atoms with E-state index in [1.54, 1.807) is 31.4 Å². The lowest BCUT2D eigenvalue weighted by molar-refractivity contribution is -0.133. The lowest BCUT2D eigenvalue weighted by Crippen LogP contribution is -2.42. The van der Waals surface area contributed by atoms with Gasteiger partial charge in [0.2, 0.25) is 5.91 Å². The van der Waals surface area contributed by atoms with Gasteiger partial charge in [-0.1, -0.05) is 25.3 Å². The van der Waals surface area contributed by atoms with Crippen molar-refractivity contribution < 1.29 is 14.3 Å². The van der Waals surface area contributed by atoms with E-state index in [0.29, 0.717) is 30.3 Å². The monoisotopic (exact) mass is 332 g/mol. The Kier molecular flexibility index (Phi) is 7.09. The molecule has 0 radical (unpaired) electrons. The molecule has 0 heterocycles. The van der Waals surface area contributed by atoms with Crippen molar-refractivity contribution in [3.8, 4) is 5.75 Å². The van der Waals surface area contributed by atoms with Crippen LogP contribution in [0.3, 0.4) is 0 Å². The molecule has 0 unspecified atom stereocenters. The molecule has 0 atom stereocenters. The number of hydrogen-bond acceptors (Lipinski definition) is 3. The Morgan fingerprint density at radius 1 is 1.25 bits per heavy atom. The van der Waals surface area contributed by atoms with Crippen LogP contribution in [0.1, 0.15) is 55.8 Å². The maximum absolute atomic E-state index is 12.4. The highest BCUT2D eigenvalue weighted by molar-refractivity contribution is 5.94. The standard InChI is InChI=1S/C19H28N2O3/c1-3-21(16-9-5-4-6-10-16)18(22)12-13-20-19(23)15-8-7-11-17(14-15)24-2/h7-8,11,14,16H,3-6,9-10,12-13H2,1-2H3,(H,20,23). The molecule has 0 saturated heterocycles. The molecule has 2 rings (SSSR count). The van der Waals surface area contributed by atoms with Crippen molar-refractivity contribution >= 4 is 11.8 Å². The Morgan fingerprint density at radius 3 is 2.67 bits per heavy atom. The zero-order valence-corrected chi connectivity index (χ0v) is 14.7. The summed E-state index contributed by atoms with van der Waals surface area (Å²) in [4.78, 5) is 26.6. The fraction of sp³-hybridized carbons (Fsp3) is 0.579. The third-order valence-electron chi connectivity index (χ3n) is 4.63. The topological polar surface area (TPSA) is 58.6 Å². The number of benzene rings is 1. The van der Waals surface area contributed by atoms with E-state index in [1.807, 2.05) is 11.8 Å². The predicted octanol–water partition coefficient (Wildman–Crippen LogP) is 3.00. The van der Waals surface area contributed by atoms with Gasteiger partial charge in [0.15, 0.2) is 0 Å². The van der Waals surface area contributed by atoms with Crippen LogP contribution in [0.2, 0.25) is 0 Å². The SMILES string of the molecule is CCN(C(=O)CCNC(=O)c1cccc(OC)c1)C1CCCCC1. The maximum Gasteiger partial charge on any atom is 0.251 e. The van der Waals surface area contributed by atoms with Gasteiger partial charge in [0, 0.05) is 31.1 Å². The molecule has 1 aromatic rings. The van der Waals surface area contributed by atoms with Crippen molar-refractivity contribution in [2.24, 2.45) is 0 Å². The van der Waals surface area contributed by atoms with Crippen LogP contribution in [0.5, 0.6) is 5.75 Å². The molecule has 1 aromatic carbocycles. The second-order valence-corrected chi connectivity index (χ2v) is 6.21. The summed E-state index contributed by atoms with van der Waals surface area (Å²) in [5.41, 5.74) is 0.543. The Balaban J connectivity index is 1.81. The largest absolute Gasteiger partial charge is 0.497 e. The van der Waals surface area contributed by atoms with E-state index < -0.39 is 0 Å². The molecule has 0 aromatic heterocycles. The van der Waals surface area contributed by atoms with Gasteiger partial charge in [0.1, 0.15) is 5.75 Å². The molecule has 1 fully saturated rings. The number of nitrogens with one attached hydrogen (secondary N) is 1. The first-order chi connectivity index (χ1) is 11.7. The number of methoxy groups -OCH3 is 1. The van der Waals surface area contributed by atoms with E-state index in [1.165, 1.54) is 19.3 Å².